The Bertz CT molecular complexity index is 139. The summed E-state index contributed by atoms with van der Waals surface area (Å²) in [7, 11) is 0. The summed E-state index contributed by atoms with van der Waals surface area (Å²) in [6, 6.07) is -0.174. The minimum atomic E-state index is -0.405. The summed E-state index contributed by atoms with van der Waals surface area (Å²) in [5.41, 5.74) is 7.10. The Morgan fingerprint density at radius 2 is 2.40 bits per heavy atom. The van der Waals surface area contributed by atoms with Gasteiger partial charge in [-0.05, 0) is 0 Å². The van der Waals surface area contributed by atoms with Crippen molar-refractivity contribution in [1.29, 1.82) is 0 Å². The predicted octanol–water partition coefficient (Wildman–Crippen LogP) is -1.96. The molecule has 0 aromatic rings. The van der Waals surface area contributed by atoms with E-state index in [9.17, 15) is 4.79 Å². The highest BCUT2D eigenvalue weighted by Crippen LogP contribution is 2.05. The van der Waals surface area contributed by atoms with Gasteiger partial charge in [0, 0.05) is 19.1 Å². The zero-order valence-electron chi connectivity index (χ0n) is 5.50. The molecule has 1 fully saturated rings. The molecule has 1 heterocycles. The third-order valence-corrected chi connectivity index (χ3v) is 1.71. The maximum atomic E-state index is 10.7. The molecule has 0 unspecified atom stereocenters. The smallest absolute Gasteiger partial charge is 0.249 e. The molecule has 5 nitrogen and oxygen atoms in total. The number of nitrogens with two attached hydrogens (primary N) is 1. The molecule has 0 aliphatic carbocycles. The lowest BCUT2D eigenvalue weighted by Gasteiger charge is -2.09. The molecule has 0 aromatic carbocycles. The molecule has 0 aromatic heterocycles. The van der Waals surface area contributed by atoms with Crippen molar-refractivity contribution in [2.75, 3.05) is 13.1 Å². The molecule has 0 radical (unpaired) electrons. The lowest BCUT2D eigenvalue weighted by atomic mass is 10.0. The molecule has 1 amide bonds. The Morgan fingerprint density at radius 3 is 2.80 bits per heavy atom. The minimum absolute atomic E-state index is 0.174. The van der Waals surface area contributed by atoms with Crippen LogP contribution in [0.1, 0.15) is 0 Å². The fourth-order valence-corrected chi connectivity index (χ4v) is 1.07. The van der Waals surface area contributed by atoms with Gasteiger partial charge in [0.25, 0.3) is 0 Å². The van der Waals surface area contributed by atoms with E-state index in [0.29, 0.717) is 13.1 Å². The van der Waals surface area contributed by atoms with Gasteiger partial charge in [0.1, 0.15) is 0 Å². The second-order valence-corrected chi connectivity index (χ2v) is 2.40. The first-order valence-electron chi connectivity index (χ1n) is 3.16. The van der Waals surface area contributed by atoms with Crippen LogP contribution in [0.25, 0.3) is 0 Å². The highest BCUT2D eigenvalue weighted by molar-refractivity contribution is 5.78. The standard InChI is InChI=1S/C5H11N3O2/c6-4-2-7-1-3(4)5(9)8-10/h3-4,7,10H,1-2,6H2,(H,8,9)/t3-,4+/m1/s1. The summed E-state index contributed by atoms with van der Waals surface area (Å²) in [5.74, 6) is -0.692. The van der Waals surface area contributed by atoms with Crippen LogP contribution in [-0.4, -0.2) is 30.2 Å². The van der Waals surface area contributed by atoms with Crippen molar-refractivity contribution in [1.82, 2.24) is 10.8 Å². The number of rotatable bonds is 1. The molecule has 5 N–H and O–H groups in total. The summed E-state index contributed by atoms with van der Waals surface area (Å²) in [6.07, 6.45) is 0. The van der Waals surface area contributed by atoms with Crippen molar-refractivity contribution in [2.24, 2.45) is 11.7 Å². The third kappa shape index (κ3) is 1.26. The van der Waals surface area contributed by atoms with Crippen LogP contribution in [0.3, 0.4) is 0 Å². The van der Waals surface area contributed by atoms with E-state index in [2.05, 4.69) is 5.32 Å². The van der Waals surface area contributed by atoms with E-state index in [1.165, 1.54) is 0 Å². The van der Waals surface area contributed by atoms with Crippen LogP contribution in [0.15, 0.2) is 0 Å². The van der Waals surface area contributed by atoms with Gasteiger partial charge in [0.05, 0.1) is 5.92 Å². The average Bonchev–Trinajstić information content (AvgIpc) is 2.34. The van der Waals surface area contributed by atoms with Crippen molar-refractivity contribution in [3.63, 3.8) is 0 Å². The lowest BCUT2D eigenvalue weighted by molar-refractivity contribution is -0.133. The highest BCUT2D eigenvalue weighted by Gasteiger charge is 2.29. The minimum Gasteiger partial charge on any atom is -0.326 e. The van der Waals surface area contributed by atoms with E-state index in [0.717, 1.165) is 0 Å². The molecule has 10 heavy (non-hydrogen) atoms. The number of hydrogen-bond donors (Lipinski definition) is 4. The first kappa shape index (κ1) is 7.46. The van der Waals surface area contributed by atoms with Crippen molar-refractivity contribution >= 4 is 5.91 Å². The second kappa shape index (κ2) is 2.96. The van der Waals surface area contributed by atoms with Crippen molar-refractivity contribution in [3.05, 3.63) is 0 Å². The largest absolute Gasteiger partial charge is 0.326 e. The first-order chi connectivity index (χ1) is 4.75. The van der Waals surface area contributed by atoms with Gasteiger partial charge in [0.15, 0.2) is 0 Å². The molecule has 0 bridgehead atoms. The Balaban J connectivity index is 2.46. The number of nitrogens with one attached hydrogen (secondary N) is 2. The van der Waals surface area contributed by atoms with E-state index in [1.807, 2.05) is 0 Å². The summed E-state index contributed by atoms with van der Waals surface area (Å²) in [5, 5.41) is 11.2. The zero-order chi connectivity index (χ0) is 7.56. The topological polar surface area (TPSA) is 87.4 Å². The number of carbonyl (C=O) groups is 1. The Morgan fingerprint density at radius 1 is 1.70 bits per heavy atom. The maximum absolute atomic E-state index is 10.7. The van der Waals surface area contributed by atoms with Gasteiger partial charge < -0.3 is 11.1 Å². The van der Waals surface area contributed by atoms with Gasteiger partial charge in [0.2, 0.25) is 5.91 Å². The second-order valence-electron chi connectivity index (χ2n) is 2.40. The molecule has 0 spiro atoms. The summed E-state index contributed by atoms with van der Waals surface area (Å²) < 4.78 is 0. The SMILES string of the molecule is N[C@H]1CNC[C@H]1C(=O)NO. The molecule has 58 valence electrons. The predicted molar refractivity (Wildman–Crippen MR) is 34.3 cm³/mol. The van der Waals surface area contributed by atoms with Gasteiger partial charge in [-0.2, -0.15) is 0 Å². The van der Waals surface area contributed by atoms with Gasteiger partial charge >= 0.3 is 0 Å². The van der Waals surface area contributed by atoms with Gasteiger partial charge in [-0.25, -0.2) is 5.48 Å². The first-order valence-corrected chi connectivity index (χ1v) is 3.16. The van der Waals surface area contributed by atoms with Crippen LogP contribution in [0.2, 0.25) is 0 Å². The van der Waals surface area contributed by atoms with Gasteiger partial charge in [-0.15, -0.1) is 0 Å². The Labute approximate surface area is 58.5 Å². The van der Waals surface area contributed by atoms with Crippen molar-refractivity contribution in [2.45, 2.75) is 6.04 Å². The number of carbonyl (C=O) groups excluding carboxylic acids is 1. The number of amides is 1. The van der Waals surface area contributed by atoms with Crippen molar-refractivity contribution < 1.29 is 10.0 Å². The molecule has 1 aliphatic rings. The van der Waals surface area contributed by atoms with E-state index >= 15 is 0 Å². The Kier molecular flexibility index (Phi) is 2.21. The van der Waals surface area contributed by atoms with Crippen LogP contribution in [0.4, 0.5) is 0 Å². The molecule has 1 rings (SSSR count). The fourth-order valence-electron chi connectivity index (χ4n) is 1.07. The van der Waals surface area contributed by atoms with Crippen LogP contribution < -0.4 is 16.5 Å². The van der Waals surface area contributed by atoms with Crippen LogP contribution >= 0.6 is 0 Å². The zero-order valence-corrected chi connectivity index (χ0v) is 5.50. The third-order valence-electron chi connectivity index (χ3n) is 1.71. The lowest BCUT2D eigenvalue weighted by Crippen LogP contribution is -2.39. The van der Waals surface area contributed by atoms with Crippen LogP contribution in [0, 0.1) is 5.92 Å². The Hall–Kier alpha value is -0.650. The highest BCUT2D eigenvalue weighted by atomic mass is 16.5. The normalized spacial score (nSPS) is 32.2. The van der Waals surface area contributed by atoms with Gasteiger partial charge in [-0.1, -0.05) is 0 Å². The molecule has 0 saturated carbocycles. The molecular formula is C5H11N3O2. The van der Waals surface area contributed by atoms with E-state index < -0.39 is 5.91 Å². The monoisotopic (exact) mass is 145 g/mol. The number of hydrogen-bond acceptors (Lipinski definition) is 4. The summed E-state index contributed by atoms with van der Waals surface area (Å²) in [6.45, 7) is 1.19. The molecule has 1 saturated heterocycles. The van der Waals surface area contributed by atoms with Crippen LogP contribution in [-0.2, 0) is 4.79 Å². The summed E-state index contributed by atoms with van der Waals surface area (Å²) >= 11 is 0. The van der Waals surface area contributed by atoms with E-state index in [-0.39, 0.29) is 12.0 Å². The molecule has 5 heteroatoms. The van der Waals surface area contributed by atoms with E-state index in [1.54, 1.807) is 5.48 Å². The van der Waals surface area contributed by atoms with E-state index in [4.69, 9.17) is 10.9 Å². The van der Waals surface area contributed by atoms with Gasteiger partial charge in [-0.3, -0.25) is 10.0 Å². The van der Waals surface area contributed by atoms with Crippen molar-refractivity contribution in [3.8, 4) is 0 Å². The molecule has 2 atom stereocenters. The number of hydroxylamine groups is 1. The molecule has 1 aliphatic heterocycles. The fraction of sp³-hybridized carbons (Fsp3) is 0.800. The molecular weight excluding hydrogens is 134 g/mol. The summed E-state index contributed by atoms with van der Waals surface area (Å²) in [4.78, 5) is 10.7. The maximum Gasteiger partial charge on any atom is 0.249 e. The quantitative estimate of drug-likeness (QED) is 0.255. The average molecular weight is 145 g/mol. The van der Waals surface area contributed by atoms with Crippen LogP contribution in [0.5, 0.6) is 0 Å².